The molecule has 0 heterocycles. The van der Waals surface area contributed by atoms with Crippen molar-refractivity contribution in [3.63, 3.8) is 0 Å². The fourth-order valence-corrected chi connectivity index (χ4v) is 1.39. The molecule has 62 valence electrons. The number of hydrogen-bond donors (Lipinski definition) is 1. The van der Waals surface area contributed by atoms with E-state index in [2.05, 4.69) is 15.9 Å². The Morgan fingerprint density at radius 3 is 2.83 bits per heavy atom. The molecule has 2 N–H and O–H groups in total. The summed E-state index contributed by atoms with van der Waals surface area (Å²) in [4.78, 5) is 0. The van der Waals surface area contributed by atoms with Crippen LogP contribution < -0.4 is 5.73 Å². The lowest BCUT2D eigenvalue weighted by Crippen LogP contribution is -2.08. The average molecular weight is 225 g/mol. The molecule has 0 spiro atoms. The van der Waals surface area contributed by atoms with Crippen LogP contribution >= 0.6 is 15.9 Å². The molecule has 0 radical (unpaired) electrons. The number of nitrogens with two attached hydrogens (primary N) is 1. The molecule has 1 atom stereocenters. The summed E-state index contributed by atoms with van der Waals surface area (Å²) in [7, 11) is 0. The molecular weight excluding hydrogens is 216 g/mol. The minimum Gasteiger partial charge on any atom is -0.312 e. The summed E-state index contributed by atoms with van der Waals surface area (Å²) in [5.41, 5.74) is 7.51. The standard InChI is InChI=1S/C9H9BrN2/c1-6-2-3-7(10)4-8(6)9(12)5-11/h2-4,9H,12H2,1H3. The van der Waals surface area contributed by atoms with Crippen molar-refractivity contribution < 1.29 is 0 Å². The van der Waals surface area contributed by atoms with Gasteiger partial charge in [0.2, 0.25) is 0 Å². The second-order valence-corrected chi connectivity index (χ2v) is 3.52. The van der Waals surface area contributed by atoms with Crippen LogP contribution in [0.25, 0.3) is 0 Å². The summed E-state index contributed by atoms with van der Waals surface area (Å²) in [6, 6.07) is 7.23. The number of benzene rings is 1. The lowest BCUT2D eigenvalue weighted by molar-refractivity contribution is 0.913. The maximum atomic E-state index is 8.61. The van der Waals surface area contributed by atoms with Crippen LogP contribution in [0.1, 0.15) is 17.2 Å². The second kappa shape index (κ2) is 3.70. The molecule has 3 heteroatoms. The van der Waals surface area contributed by atoms with E-state index in [1.807, 2.05) is 31.2 Å². The topological polar surface area (TPSA) is 49.8 Å². The van der Waals surface area contributed by atoms with Gasteiger partial charge in [0.1, 0.15) is 6.04 Å². The van der Waals surface area contributed by atoms with Gasteiger partial charge in [-0.2, -0.15) is 5.26 Å². The molecule has 12 heavy (non-hydrogen) atoms. The zero-order valence-corrected chi connectivity index (χ0v) is 8.30. The molecule has 1 aromatic carbocycles. The van der Waals surface area contributed by atoms with Gasteiger partial charge < -0.3 is 5.73 Å². The molecular formula is C9H9BrN2. The van der Waals surface area contributed by atoms with E-state index in [0.29, 0.717) is 0 Å². The van der Waals surface area contributed by atoms with E-state index in [1.54, 1.807) is 0 Å². The lowest BCUT2D eigenvalue weighted by Gasteiger charge is -2.07. The molecule has 0 aromatic heterocycles. The molecule has 0 aliphatic rings. The highest BCUT2D eigenvalue weighted by atomic mass is 79.9. The van der Waals surface area contributed by atoms with Crippen molar-refractivity contribution in [1.82, 2.24) is 0 Å². The van der Waals surface area contributed by atoms with Crippen molar-refractivity contribution in [2.24, 2.45) is 5.73 Å². The number of nitrogens with zero attached hydrogens (tertiary/aromatic N) is 1. The molecule has 2 nitrogen and oxygen atoms in total. The smallest absolute Gasteiger partial charge is 0.119 e. The Morgan fingerprint density at radius 2 is 2.25 bits per heavy atom. The van der Waals surface area contributed by atoms with Crippen molar-refractivity contribution in [2.75, 3.05) is 0 Å². The maximum Gasteiger partial charge on any atom is 0.119 e. The molecule has 0 bridgehead atoms. The van der Waals surface area contributed by atoms with Crippen LogP contribution in [0.2, 0.25) is 0 Å². The number of aryl methyl sites for hydroxylation is 1. The summed E-state index contributed by atoms with van der Waals surface area (Å²) >= 11 is 3.33. The minimum atomic E-state index is -0.525. The Hall–Kier alpha value is -0.850. The largest absolute Gasteiger partial charge is 0.312 e. The van der Waals surface area contributed by atoms with Gasteiger partial charge in [-0.05, 0) is 30.2 Å². The Kier molecular flexibility index (Phi) is 2.85. The Morgan fingerprint density at radius 1 is 1.58 bits per heavy atom. The summed E-state index contributed by atoms with van der Waals surface area (Å²) < 4.78 is 0.953. The Bertz CT molecular complexity index is 328. The van der Waals surface area contributed by atoms with Gasteiger partial charge in [-0.25, -0.2) is 0 Å². The fourth-order valence-electron chi connectivity index (χ4n) is 1.02. The Labute approximate surface area is 80.1 Å². The normalized spacial score (nSPS) is 12.2. The molecule has 0 saturated heterocycles. The first-order valence-corrected chi connectivity index (χ1v) is 4.35. The third-order valence-electron chi connectivity index (χ3n) is 1.72. The van der Waals surface area contributed by atoms with E-state index in [-0.39, 0.29) is 0 Å². The van der Waals surface area contributed by atoms with E-state index < -0.39 is 6.04 Å². The lowest BCUT2D eigenvalue weighted by atomic mass is 10.0. The molecule has 0 aliphatic heterocycles. The molecule has 0 amide bonds. The summed E-state index contributed by atoms with van der Waals surface area (Å²) in [6.45, 7) is 1.94. The zero-order chi connectivity index (χ0) is 9.14. The van der Waals surface area contributed by atoms with Crippen LogP contribution in [0.3, 0.4) is 0 Å². The highest BCUT2D eigenvalue weighted by molar-refractivity contribution is 9.10. The predicted molar refractivity (Wildman–Crippen MR) is 51.4 cm³/mol. The fraction of sp³-hybridized carbons (Fsp3) is 0.222. The van der Waals surface area contributed by atoms with Crippen LogP contribution in [0.5, 0.6) is 0 Å². The van der Waals surface area contributed by atoms with Crippen molar-refractivity contribution in [3.05, 3.63) is 33.8 Å². The number of nitriles is 1. The second-order valence-electron chi connectivity index (χ2n) is 2.61. The van der Waals surface area contributed by atoms with E-state index in [1.165, 1.54) is 0 Å². The highest BCUT2D eigenvalue weighted by Gasteiger charge is 2.07. The average Bonchev–Trinajstić information content (AvgIpc) is 2.08. The van der Waals surface area contributed by atoms with Crippen molar-refractivity contribution in [2.45, 2.75) is 13.0 Å². The van der Waals surface area contributed by atoms with Crippen molar-refractivity contribution >= 4 is 15.9 Å². The molecule has 1 aromatic rings. The highest BCUT2D eigenvalue weighted by Crippen LogP contribution is 2.20. The summed E-state index contributed by atoms with van der Waals surface area (Å²) in [5, 5.41) is 8.61. The Balaban J connectivity index is 3.15. The number of halogens is 1. The van der Waals surface area contributed by atoms with Gasteiger partial charge in [0.25, 0.3) is 0 Å². The van der Waals surface area contributed by atoms with Gasteiger partial charge >= 0.3 is 0 Å². The van der Waals surface area contributed by atoms with Crippen LogP contribution in [-0.2, 0) is 0 Å². The minimum absolute atomic E-state index is 0.525. The molecule has 0 aliphatic carbocycles. The first-order chi connectivity index (χ1) is 5.65. The van der Waals surface area contributed by atoms with Crippen molar-refractivity contribution in [1.29, 1.82) is 5.26 Å². The summed E-state index contributed by atoms with van der Waals surface area (Å²) in [6.07, 6.45) is 0. The SMILES string of the molecule is Cc1ccc(Br)cc1C(N)C#N. The molecule has 0 fully saturated rings. The van der Waals surface area contributed by atoms with E-state index >= 15 is 0 Å². The summed E-state index contributed by atoms with van der Waals surface area (Å²) in [5.74, 6) is 0. The van der Waals surface area contributed by atoms with Crippen LogP contribution in [-0.4, -0.2) is 0 Å². The monoisotopic (exact) mass is 224 g/mol. The van der Waals surface area contributed by atoms with Gasteiger partial charge in [-0.1, -0.05) is 22.0 Å². The van der Waals surface area contributed by atoms with E-state index in [9.17, 15) is 0 Å². The zero-order valence-electron chi connectivity index (χ0n) is 6.71. The maximum absolute atomic E-state index is 8.61. The van der Waals surface area contributed by atoms with Crippen LogP contribution in [0.15, 0.2) is 22.7 Å². The first-order valence-electron chi connectivity index (χ1n) is 3.56. The van der Waals surface area contributed by atoms with E-state index in [0.717, 1.165) is 15.6 Å². The molecule has 1 unspecified atom stereocenters. The van der Waals surface area contributed by atoms with E-state index in [4.69, 9.17) is 11.0 Å². The van der Waals surface area contributed by atoms with Crippen LogP contribution in [0, 0.1) is 18.3 Å². The third-order valence-corrected chi connectivity index (χ3v) is 2.21. The number of hydrogen-bond acceptors (Lipinski definition) is 2. The molecule has 0 saturated carbocycles. The molecule has 1 rings (SSSR count). The van der Waals surface area contributed by atoms with Gasteiger partial charge in [0.05, 0.1) is 6.07 Å². The van der Waals surface area contributed by atoms with Crippen molar-refractivity contribution in [3.8, 4) is 6.07 Å². The van der Waals surface area contributed by atoms with Gasteiger partial charge in [0, 0.05) is 4.47 Å². The number of rotatable bonds is 1. The predicted octanol–water partition coefficient (Wildman–Crippen LogP) is 2.28. The third kappa shape index (κ3) is 1.84. The van der Waals surface area contributed by atoms with Gasteiger partial charge in [0.15, 0.2) is 0 Å². The van der Waals surface area contributed by atoms with Crippen LogP contribution in [0.4, 0.5) is 0 Å². The first kappa shape index (κ1) is 9.24. The van der Waals surface area contributed by atoms with Gasteiger partial charge in [-0.15, -0.1) is 0 Å². The van der Waals surface area contributed by atoms with Gasteiger partial charge in [-0.3, -0.25) is 0 Å². The quantitative estimate of drug-likeness (QED) is 0.796.